The maximum absolute atomic E-state index is 3.78. The minimum absolute atomic E-state index is 0.973. The Hall–Kier alpha value is -0.980. The van der Waals surface area contributed by atoms with Crippen LogP contribution in [-0.4, -0.2) is 0 Å². The molecule has 0 saturated heterocycles. The molecule has 0 amide bonds. The summed E-state index contributed by atoms with van der Waals surface area (Å²) in [6, 6.07) is 0. The van der Waals surface area contributed by atoms with Gasteiger partial charge in [0.2, 0.25) is 0 Å². The van der Waals surface area contributed by atoms with E-state index in [0.29, 0.717) is 0 Å². The van der Waals surface area contributed by atoms with Crippen molar-refractivity contribution in [2.24, 2.45) is 0 Å². The number of nitrogens with one attached hydrogen (secondary N) is 1. The third-order valence-corrected chi connectivity index (χ3v) is 2.30. The summed E-state index contributed by atoms with van der Waals surface area (Å²) in [6.45, 7) is 14.4. The smallest absolute Gasteiger partial charge is 0.00421 e. The van der Waals surface area contributed by atoms with E-state index in [-0.39, 0.29) is 0 Å². The summed E-state index contributed by atoms with van der Waals surface area (Å²) in [7, 11) is 0. The van der Waals surface area contributed by atoms with Crippen LogP contribution in [0.25, 0.3) is 0 Å². The highest BCUT2D eigenvalue weighted by Gasteiger charge is 1.96. The van der Waals surface area contributed by atoms with Gasteiger partial charge in [-0.3, -0.25) is 0 Å². The van der Waals surface area contributed by atoms with Gasteiger partial charge in [-0.2, -0.15) is 0 Å². The van der Waals surface area contributed by atoms with Crippen molar-refractivity contribution in [1.29, 1.82) is 0 Å². The summed E-state index contributed by atoms with van der Waals surface area (Å²) in [5.41, 5.74) is 5.07. The minimum Gasteiger partial charge on any atom is -0.365 e. The molecule has 74 valence electrons. The fourth-order valence-corrected chi connectivity index (χ4v) is 0.941. The van der Waals surface area contributed by atoms with Crippen molar-refractivity contribution in [3.05, 3.63) is 35.2 Å². The minimum atomic E-state index is 0.973. The second-order valence-electron chi connectivity index (χ2n) is 3.51. The summed E-state index contributed by atoms with van der Waals surface area (Å²) in [5.74, 6) is 0. The van der Waals surface area contributed by atoms with Crippen LogP contribution in [0.4, 0.5) is 0 Å². The molecule has 1 N–H and O–H groups in total. The Balaban J connectivity index is 4.50. The van der Waals surface area contributed by atoms with Crippen molar-refractivity contribution >= 4 is 0 Å². The monoisotopic (exact) mass is 179 g/mol. The van der Waals surface area contributed by atoms with E-state index in [4.69, 9.17) is 0 Å². The lowest BCUT2D eigenvalue weighted by Crippen LogP contribution is -2.01. The van der Waals surface area contributed by atoms with Gasteiger partial charge < -0.3 is 5.32 Å². The lowest BCUT2D eigenvalue weighted by Gasteiger charge is -2.07. The predicted molar refractivity (Wildman–Crippen MR) is 60.4 cm³/mol. The first-order valence-corrected chi connectivity index (χ1v) is 4.74. The van der Waals surface area contributed by atoms with Gasteiger partial charge in [-0.25, -0.2) is 0 Å². The van der Waals surface area contributed by atoms with Gasteiger partial charge in [0.1, 0.15) is 0 Å². The highest BCUT2D eigenvalue weighted by Crippen LogP contribution is 2.15. The van der Waals surface area contributed by atoms with E-state index < -0.39 is 0 Å². The summed E-state index contributed by atoms with van der Waals surface area (Å²) in [5, 5.41) is 3.11. The van der Waals surface area contributed by atoms with E-state index in [1.807, 2.05) is 13.1 Å². The van der Waals surface area contributed by atoms with Gasteiger partial charge in [0, 0.05) is 11.9 Å². The summed E-state index contributed by atoms with van der Waals surface area (Å²) in [6.07, 6.45) is 3.13. The first-order chi connectivity index (χ1) is 5.99. The molecular formula is C12H21N. The molecule has 0 aromatic carbocycles. The van der Waals surface area contributed by atoms with Crippen LogP contribution in [0.3, 0.4) is 0 Å². The molecule has 0 atom stereocenters. The molecule has 0 bridgehead atoms. The molecule has 0 aromatic rings. The molecule has 0 aliphatic carbocycles. The molecule has 0 aliphatic heterocycles. The lowest BCUT2D eigenvalue weighted by molar-refractivity contribution is 1.02. The molecule has 13 heavy (non-hydrogen) atoms. The summed E-state index contributed by atoms with van der Waals surface area (Å²) >= 11 is 0. The van der Waals surface area contributed by atoms with Gasteiger partial charge in [-0.1, -0.05) is 19.1 Å². The SMILES string of the molecule is C=C(C)N/C=C(C)\C(C)=C(\C)CC. The Morgan fingerprint density at radius 2 is 1.77 bits per heavy atom. The summed E-state index contributed by atoms with van der Waals surface area (Å²) in [4.78, 5) is 0. The van der Waals surface area contributed by atoms with Crippen molar-refractivity contribution in [2.75, 3.05) is 0 Å². The summed E-state index contributed by atoms with van der Waals surface area (Å²) < 4.78 is 0. The second-order valence-corrected chi connectivity index (χ2v) is 3.51. The van der Waals surface area contributed by atoms with Crippen LogP contribution in [0.15, 0.2) is 35.2 Å². The molecule has 1 heteroatoms. The Morgan fingerprint density at radius 3 is 2.15 bits per heavy atom. The van der Waals surface area contributed by atoms with E-state index in [2.05, 4.69) is 39.6 Å². The third-order valence-electron chi connectivity index (χ3n) is 2.30. The topological polar surface area (TPSA) is 12.0 Å². The van der Waals surface area contributed by atoms with E-state index in [1.165, 1.54) is 16.7 Å². The average Bonchev–Trinajstić information content (AvgIpc) is 2.11. The van der Waals surface area contributed by atoms with E-state index in [9.17, 15) is 0 Å². The molecule has 0 heterocycles. The molecule has 0 rings (SSSR count). The largest absolute Gasteiger partial charge is 0.365 e. The zero-order valence-electron chi connectivity index (χ0n) is 9.49. The van der Waals surface area contributed by atoms with Crippen LogP contribution in [0.5, 0.6) is 0 Å². The van der Waals surface area contributed by atoms with Crippen LogP contribution in [0, 0.1) is 0 Å². The van der Waals surface area contributed by atoms with Crippen molar-refractivity contribution in [2.45, 2.75) is 41.0 Å². The normalized spacial score (nSPS) is 13.8. The van der Waals surface area contributed by atoms with Crippen LogP contribution >= 0.6 is 0 Å². The first kappa shape index (κ1) is 12.0. The van der Waals surface area contributed by atoms with Crippen molar-refractivity contribution in [1.82, 2.24) is 5.32 Å². The Bertz CT molecular complexity index is 244. The quantitative estimate of drug-likeness (QED) is 0.648. The fraction of sp³-hybridized carbons (Fsp3) is 0.500. The van der Waals surface area contributed by atoms with Crippen LogP contribution in [-0.2, 0) is 0 Å². The number of rotatable bonds is 4. The predicted octanol–water partition coefficient (Wildman–Crippen LogP) is 3.76. The van der Waals surface area contributed by atoms with Gasteiger partial charge in [0.15, 0.2) is 0 Å². The lowest BCUT2D eigenvalue weighted by atomic mass is 10.0. The third kappa shape index (κ3) is 4.56. The molecule has 0 aliphatic rings. The second kappa shape index (κ2) is 5.63. The fourth-order valence-electron chi connectivity index (χ4n) is 0.941. The van der Waals surface area contributed by atoms with Gasteiger partial charge in [0.05, 0.1) is 0 Å². The zero-order valence-corrected chi connectivity index (χ0v) is 9.49. The van der Waals surface area contributed by atoms with Crippen molar-refractivity contribution in [3.63, 3.8) is 0 Å². The molecule has 0 aromatic heterocycles. The maximum atomic E-state index is 3.78. The van der Waals surface area contributed by atoms with E-state index in [0.717, 1.165) is 12.1 Å². The van der Waals surface area contributed by atoms with Crippen molar-refractivity contribution < 1.29 is 0 Å². The highest BCUT2D eigenvalue weighted by atomic mass is 14.8. The first-order valence-electron chi connectivity index (χ1n) is 4.74. The molecule has 0 saturated carbocycles. The van der Waals surface area contributed by atoms with E-state index in [1.54, 1.807) is 0 Å². The zero-order chi connectivity index (χ0) is 10.4. The Morgan fingerprint density at radius 1 is 1.23 bits per heavy atom. The van der Waals surface area contributed by atoms with Gasteiger partial charge in [-0.05, 0) is 45.3 Å². The Kier molecular flexibility index (Phi) is 5.20. The molecule has 0 fully saturated rings. The number of hydrogen-bond donors (Lipinski definition) is 1. The maximum Gasteiger partial charge on any atom is 0.00421 e. The molecule has 1 nitrogen and oxygen atoms in total. The molecule has 0 unspecified atom stereocenters. The van der Waals surface area contributed by atoms with E-state index >= 15 is 0 Å². The van der Waals surface area contributed by atoms with Crippen LogP contribution < -0.4 is 5.32 Å². The molecule has 0 radical (unpaired) electrons. The van der Waals surface area contributed by atoms with Gasteiger partial charge in [-0.15, -0.1) is 0 Å². The highest BCUT2D eigenvalue weighted by molar-refractivity contribution is 5.31. The van der Waals surface area contributed by atoms with Gasteiger partial charge >= 0.3 is 0 Å². The standard InChI is InChI=1S/C12H21N/c1-7-10(4)12(6)11(5)8-13-9(2)3/h8,13H,2,7H2,1,3-6H3/b11-8-,12-10-. The average molecular weight is 179 g/mol. The number of hydrogen-bond acceptors (Lipinski definition) is 1. The van der Waals surface area contributed by atoms with Gasteiger partial charge in [0.25, 0.3) is 0 Å². The van der Waals surface area contributed by atoms with Crippen LogP contribution in [0.1, 0.15) is 41.0 Å². The van der Waals surface area contributed by atoms with Crippen molar-refractivity contribution in [3.8, 4) is 0 Å². The van der Waals surface area contributed by atoms with Crippen LogP contribution in [0.2, 0.25) is 0 Å². The Labute approximate surface area is 82.2 Å². The number of allylic oxidation sites excluding steroid dienone is 4. The molecule has 0 spiro atoms. The molecular weight excluding hydrogens is 158 g/mol.